The molecule has 71 heavy (non-hydrogen) atoms. The number of carboxylic acids is 1. The molecule has 388 valence electrons. The Morgan fingerprint density at radius 1 is 0.732 bits per heavy atom. The normalized spacial score (nSPS) is 23.6. The van der Waals surface area contributed by atoms with Crippen LogP contribution in [0.5, 0.6) is 0 Å². The van der Waals surface area contributed by atoms with Crippen LogP contribution in [0.15, 0.2) is 48.7 Å². The summed E-state index contributed by atoms with van der Waals surface area (Å²) in [6.45, 7) is 1.99. The summed E-state index contributed by atoms with van der Waals surface area (Å²) in [5.74, 6) is -11.2. The quantitative estimate of drug-likeness (QED) is 0.0546. The predicted molar refractivity (Wildman–Crippen MR) is 234 cm³/mol. The summed E-state index contributed by atoms with van der Waals surface area (Å²) in [7, 11) is 0. The number of nitrogens with zero attached hydrogens (tertiary/aromatic N) is 3. The third kappa shape index (κ3) is 13.5. The highest BCUT2D eigenvalue weighted by Gasteiger charge is 2.58. The van der Waals surface area contributed by atoms with Crippen molar-refractivity contribution in [3.05, 3.63) is 59.8 Å². The topological polar surface area (TPSA) is 240 Å². The molecule has 0 bridgehead atoms. The predicted octanol–water partition coefficient (Wildman–Crippen LogP) is 6.91. The van der Waals surface area contributed by atoms with Crippen LogP contribution in [0.1, 0.15) is 89.2 Å². The molecule has 4 N–H and O–H groups in total. The zero-order chi connectivity index (χ0) is 51.8. The summed E-state index contributed by atoms with van der Waals surface area (Å²) in [6, 6.07) is -0.222. The standard InChI is InChI=1S/C47H56F6N6O12/c1-25(2)41(64)70-24-71-45(68)55-33-23-28(16-18-54-33)22-32-35(59(39(32)61)44(67)56-36(46(48,49)50)29-13-7-4-8-14-29)42(65)69-19-17-27-12-9-15-30(20-27)37(47(51,52)53)57-43(66)58-34(40(62)63)31(38(58)60)21-26-10-5-3-6-11-26/h3,5-6,10-11,16,18,23,25,27,29-32,34-37H,4,7-9,12-15,17,19-22,24H2,1-2H3,(H,56,67)(H,57,66)(H,62,63)(H,54,55,68)/t27?,30?,31-,32-,34+,35+,36+,37+/m1/s1. The van der Waals surface area contributed by atoms with Gasteiger partial charge in [-0.2, -0.15) is 26.3 Å². The first kappa shape index (κ1) is 53.9. The molecular weight excluding hydrogens is 955 g/mol. The first-order chi connectivity index (χ1) is 33.5. The smallest absolute Gasteiger partial charge is 0.415 e. The fourth-order valence-electron chi connectivity index (χ4n) is 9.86. The van der Waals surface area contributed by atoms with Crippen molar-refractivity contribution >= 4 is 53.7 Å². The van der Waals surface area contributed by atoms with E-state index in [1.807, 2.05) is 10.6 Å². The van der Waals surface area contributed by atoms with Gasteiger partial charge in [-0.05, 0) is 86.0 Å². The van der Waals surface area contributed by atoms with Gasteiger partial charge in [0, 0.05) is 6.20 Å². The van der Waals surface area contributed by atoms with Crippen molar-refractivity contribution in [1.29, 1.82) is 0 Å². The second kappa shape index (κ2) is 23.2. The molecule has 1 aromatic heterocycles. The summed E-state index contributed by atoms with van der Waals surface area (Å²) < 4.78 is 102. The zero-order valence-corrected chi connectivity index (χ0v) is 38.8. The largest absolute Gasteiger partial charge is 0.480 e. The first-order valence-electron chi connectivity index (χ1n) is 23.4. The summed E-state index contributed by atoms with van der Waals surface area (Å²) in [5.41, 5.74) is 0.869. The molecule has 2 saturated heterocycles. The van der Waals surface area contributed by atoms with E-state index in [0.29, 0.717) is 36.1 Å². The molecule has 4 fully saturated rings. The maximum atomic E-state index is 14.7. The lowest BCUT2D eigenvalue weighted by Gasteiger charge is -2.45. The van der Waals surface area contributed by atoms with Crippen LogP contribution in [-0.4, -0.2) is 118 Å². The number of hydrogen-bond donors (Lipinski definition) is 4. The summed E-state index contributed by atoms with van der Waals surface area (Å²) >= 11 is 0. The van der Waals surface area contributed by atoms with Gasteiger partial charge in [0.1, 0.15) is 17.9 Å². The van der Waals surface area contributed by atoms with Gasteiger partial charge >= 0.3 is 48.4 Å². The number of pyridine rings is 1. The first-order valence-corrected chi connectivity index (χ1v) is 23.4. The number of amides is 7. The number of benzene rings is 1. The van der Waals surface area contributed by atoms with Crippen LogP contribution < -0.4 is 16.0 Å². The van der Waals surface area contributed by atoms with E-state index in [0.717, 1.165) is 0 Å². The molecule has 0 radical (unpaired) electrons. The highest BCUT2D eigenvalue weighted by Crippen LogP contribution is 2.41. The van der Waals surface area contributed by atoms with Crippen LogP contribution in [0.2, 0.25) is 0 Å². The molecule has 2 aliphatic carbocycles. The highest BCUT2D eigenvalue weighted by molar-refractivity contribution is 6.08. The Balaban J connectivity index is 1.11. The van der Waals surface area contributed by atoms with Gasteiger partial charge in [-0.3, -0.25) is 19.7 Å². The number of β-lactam (4-membered cyclic amide) rings is 2. The fraction of sp³-hybridized carbons (Fsp3) is 0.596. The number of carbonyl (C=O) groups excluding carboxylic acids is 7. The van der Waals surface area contributed by atoms with E-state index < -0.39 is 133 Å². The number of likely N-dealkylation sites (tertiary alicyclic amines) is 2. The van der Waals surface area contributed by atoms with Gasteiger partial charge in [0.25, 0.3) is 0 Å². The number of carbonyl (C=O) groups is 8. The SMILES string of the molecule is CC(C)C(=O)OCOC(=O)Nc1cc(C[C@H]2C(=O)N(C(=O)N[C@@H](C3CCCCC3)C(F)(F)F)[C@@H]2C(=O)OCCC2CCCC([C@H](NC(=O)N3C(=O)[C@H](Cc4ccccc4)[C@H]3C(=O)O)C(F)(F)F)C2)ccn1. The fourth-order valence-corrected chi connectivity index (χ4v) is 9.86. The van der Waals surface area contributed by atoms with Crippen LogP contribution in [0.25, 0.3) is 0 Å². The van der Waals surface area contributed by atoms with E-state index in [9.17, 15) is 69.8 Å². The van der Waals surface area contributed by atoms with Gasteiger partial charge in [0.15, 0.2) is 12.1 Å². The van der Waals surface area contributed by atoms with Gasteiger partial charge in [0.2, 0.25) is 18.6 Å². The maximum Gasteiger partial charge on any atom is 0.415 e. The molecule has 4 aliphatic rings. The van der Waals surface area contributed by atoms with Crippen LogP contribution in [-0.2, 0) is 51.0 Å². The van der Waals surface area contributed by atoms with Crippen molar-refractivity contribution < 1.29 is 84.0 Å². The van der Waals surface area contributed by atoms with Gasteiger partial charge < -0.3 is 30.0 Å². The third-order valence-corrected chi connectivity index (χ3v) is 13.5. The van der Waals surface area contributed by atoms with Gasteiger partial charge in [-0.15, -0.1) is 0 Å². The molecule has 2 unspecified atom stereocenters. The Labute approximate surface area is 403 Å². The molecule has 0 spiro atoms. The molecule has 6 rings (SSSR count). The number of halogens is 6. The van der Waals surface area contributed by atoms with E-state index in [2.05, 4.69) is 10.3 Å². The second-order valence-electron chi connectivity index (χ2n) is 18.7. The summed E-state index contributed by atoms with van der Waals surface area (Å²) in [4.78, 5) is 108. The second-order valence-corrected chi connectivity index (χ2v) is 18.7. The number of hydrogen-bond acceptors (Lipinski definition) is 12. The Morgan fingerprint density at radius 2 is 1.31 bits per heavy atom. The molecule has 3 heterocycles. The molecule has 7 amide bonds. The van der Waals surface area contributed by atoms with Crippen LogP contribution in [0.3, 0.4) is 0 Å². The molecule has 1 aromatic carbocycles. The molecule has 8 atom stereocenters. The van der Waals surface area contributed by atoms with E-state index in [-0.39, 0.29) is 67.6 Å². The van der Waals surface area contributed by atoms with Gasteiger partial charge in [0.05, 0.1) is 24.4 Å². The third-order valence-electron chi connectivity index (χ3n) is 13.5. The molecule has 18 nitrogen and oxygen atoms in total. The number of esters is 2. The van der Waals surface area contributed by atoms with Crippen molar-refractivity contribution in [3.8, 4) is 0 Å². The van der Waals surface area contributed by atoms with Crippen molar-refractivity contribution in [2.24, 2.45) is 35.5 Å². The van der Waals surface area contributed by atoms with Crippen LogP contribution >= 0.6 is 0 Å². The number of nitrogens with one attached hydrogen (secondary N) is 3. The Bertz CT molecular complexity index is 2280. The highest BCUT2D eigenvalue weighted by atomic mass is 19.4. The number of rotatable bonds is 17. The lowest BCUT2D eigenvalue weighted by Crippen LogP contribution is -2.70. The van der Waals surface area contributed by atoms with Gasteiger partial charge in [-0.25, -0.2) is 38.8 Å². The molecule has 2 aromatic rings. The number of carboxylic acid groups (broad SMARTS) is 1. The molecule has 2 aliphatic heterocycles. The molecule has 2 saturated carbocycles. The number of imide groups is 2. The van der Waals surface area contributed by atoms with E-state index in [1.54, 1.807) is 44.2 Å². The number of ether oxygens (including phenoxy) is 3. The van der Waals surface area contributed by atoms with E-state index in [4.69, 9.17) is 14.2 Å². The van der Waals surface area contributed by atoms with Crippen molar-refractivity contribution in [2.75, 3.05) is 18.7 Å². The van der Waals surface area contributed by atoms with E-state index >= 15 is 0 Å². The number of urea groups is 2. The average Bonchev–Trinajstić information content (AvgIpc) is 3.31. The molecule has 24 heteroatoms. The number of alkyl halides is 6. The maximum absolute atomic E-state index is 14.7. The lowest BCUT2D eigenvalue weighted by atomic mass is 9.76. The minimum atomic E-state index is -5.03. The average molecular weight is 1010 g/mol. The lowest BCUT2D eigenvalue weighted by molar-refractivity contribution is -0.175. The minimum absolute atomic E-state index is 0.00938. The zero-order valence-electron chi connectivity index (χ0n) is 38.8. The van der Waals surface area contributed by atoms with Crippen molar-refractivity contribution in [1.82, 2.24) is 25.4 Å². The van der Waals surface area contributed by atoms with Crippen LogP contribution in [0, 0.1) is 35.5 Å². The Morgan fingerprint density at radius 3 is 1.92 bits per heavy atom. The summed E-state index contributed by atoms with van der Waals surface area (Å²) in [6.07, 6.45) is -7.67. The van der Waals surface area contributed by atoms with Crippen molar-refractivity contribution in [2.45, 2.75) is 127 Å². The number of anilines is 1. The monoisotopic (exact) mass is 1010 g/mol. The Kier molecular flexibility index (Phi) is 17.6. The minimum Gasteiger partial charge on any atom is -0.480 e. The number of aromatic nitrogens is 1. The summed E-state index contributed by atoms with van der Waals surface area (Å²) in [5, 5.41) is 16.0. The number of aliphatic carboxylic acids is 1. The molecular formula is C47H56F6N6O12. The van der Waals surface area contributed by atoms with Gasteiger partial charge in [-0.1, -0.05) is 76.3 Å². The Hall–Kier alpha value is -6.49. The van der Waals surface area contributed by atoms with E-state index in [1.165, 1.54) is 18.3 Å². The van der Waals surface area contributed by atoms with Crippen molar-refractivity contribution in [3.63, 3.8) is 0 Å². The van der Waals surface area contributed by atoms with Crippen LogP contribution in [0.4, 0.5) is 46.5 Å².